The van der Waals surface area contributed by atoms with E-state index in [1.807, 2.05) is 37.9 Å². The van der Waals surface area contributed by atoms with E-state index in [4.69, 9.17) is 11.6 Å². The number of carbonyl (C=O) groups is 1. The van der Waals surface area contributed by atoms with Gasteiger partial charge in [-0.2, -0.15) is 5.10 Å². The second-order valence-corrected chi connectivity index (χ2v) is 6.98. The fourth-order valence-corrected chi connectivity index (χ4v) is 3.18. The van der Waals surface area contributed by atoms with Crippen LogP contribution in [0.3, 0.4) is 0 Å². The number of likely N-dealkylation sites (N-methyl/N-ethyl adjacent to an activating group) is 1. The molecule has 114 valence electrons. The second-order valence-electron chi connectivity index (χ2n) is 5.18. The Hall–Kier alpha value is -1.37. The van der Waals surface area contributed by atoms with Crippen LogP contribution in [0.5, 0.6) is 0 Å². The molecule has 0 aliphatic heterocycles. The number of carbonyl (C=O) groups excluding carboxylic acids is 1. The maximum atomic E-state index is 12.1. The standard InChI is InChI=1S/C14H19ClN4OS/c1-10(2)19-13(6-7-16-19)17-14(20)9-18(3)8-11-4-5-12(15)21-11/h4-7,10H,8-9H2,1-3H3,(H,17,20). The van der Waals surface area contributed by atoms with Crippen molar-refractivity contribution < 1.29 is 4.79 Å². The van der Waals surface area contributed by atoms with Gasteiger partial charge in [-0.1, -0.05) is 11.6 Å². The van der Waals surface area contributed by atoms with Gasteiger partial charge in [0.05, 0.1) is 17.1 Å². The number of nitrogens with zero attached hydrogens (tertiary/aromatic N) is 3. The summed E-state index contributed by atoms with van der Waals surface area (Å²) in [5.41, 5.74) is 0. The summed E-state index contributed by atoms with van der Waals surface area (Å²) in [6.45, 7) is 5.07. The molecule has 2 aromatic rings. The average molecular weight is 327 g/mol. The third-order valence-corrected chi connectivity index (χ3v) is 4.11. The van der Waals surface area contributed by atoms with Gasteiger partial charge in [0.25, 0.3) is 0 Å². The molecular weight excluding hydrogens is 308 g/mol. The minimum Gasteiger partial charge on any atom is -0.310 e. The summed E-state index contributed by atoms with van der Waals surface area (Å²) in [5.74, 6) is 0.671. The number of hydrogen-bond donors (Lipinski definition) is 1. The van der Waals surface area contributed by atoms with E-state index in [-0.39, 0.29) is 11.9 Å². The first-order valence-electron chi connectivity index (χ1n) is 6.72. The van der Waals surface area contributed by atoms with Gasteiger partial charge in [0.15, 0.2) is 0 Å². The summed E-state index contributed by atoms with van der Waals surface area (Å²) in [6.07, 6.45) is 1.69. The van der Waals surface area contributed by atoms with Gasteiger partial charge in [0.1, 0.15) is 5.82 Å². The number of anilines is 1. The third kappa shape index (κ3) is 4.56. The van der Waals surface area contributed by atoms with Gasteiger partial charge in [-0.15, -0.1) is 11.3 Å². The molecule has 0 spiro atoms. The number of thiophene rings is 1. The molecule has 0 aromatic carbocycles. The topological polar surface area (TPSA) is 50.2 Å². The first-order chi connectivity index (χ1) is 9.95. The lowest BCUT2D eigenvalue weighted by Crippen LogP contribution is -2.30. The van der Waals surface area contributed by atoms with Gasteiger partial charge in [-0.3, -0.25) is 9.69 Å². The minimum atomic E-state index is -0.0532. The van der Waals surface area contributed by atoms with Crippen molar-refractivity contribution in [1.82, 2.24) is 14.7 Å². The zero-order chi connectivity index (χ0) is 15.4. The summed E-state index contributed by atoms with van der Waals surface area (Å²) < 4.78 is 2.56. The largest absolute Gasteiger partial charge is 0.310 e. The Morgan fingerprint density at radius 1 is 1.48 bits per heavy atom. The maximum Gasteiger partial charge on any atom is 0.239 e. The van der Waals surface area contributed by atoms with E-state index < -0.39 is 0 Å². The van der Waals surface area contributed by atoms with E-state index in [9.17, 15) is 4.79 Å². The summed E-state index contributed by atoms with van der Waals surface area (Å²) in [7, 11) is 1.91. The zero-order valence-electron chi connectivity index (χ0n) is 12.3. The molecule has 5 nitrogen and oxygen atoms in total. The van der Waals surface area contributed by atoms with Crippen LogP contribution in [0.4, 0.5) is 5.82 Å². The van der Waals surface area contributed by atoms with Crippen molar-refractivity contribution in [2.45, 2.75) is 26.4 Å². The van der Waals surface area contributed by atoms with Crippen LogP contribution in [-0.2, 0) is 11.3 Å². The summed E-state index contributed by atoms with van der Waals surface area (Å²) in [4.78, 5) is 15.2. The van der Waals surface area contributed by atoms with E-state index in [2.05, 4.69) is 10.4 Å². The van der Waals surface area contributed by atoms with Crippen molar-refractivity contribution in [3.05, 3.63) is 33.6 Å². The Balaban J connectivity index is 1.87. The number of halogens is 1. The molecule has 0 saturated carbocycles. The smallest absolute Gasteiger partial charge is 0.239 e. The molecule has 0 aliphatic rings. The normalized spacial score (nSPS) is 11.3. The number of nitrogens with one attached hydrogen (secondary N) is 1. The van der Waals surface area contributed by atoms with Crippen molar-refractivity contribution in [3.8, 4) is 0 Å². The molecule has 7 heteroatoms. The van der Waals surface area contributed by atoms with E-state index >= 15 is 0 Å². The molecule has 0 bridgehead atoms. The Bertz CT molecular complexity index is 608. The van der Waals surface area contributed by atoms with E-state index in [0.717, 1.165) is 15.0 Å². The molecule has 2 heterocycles. The second kappa shape index (κ2) is 7.06. The maximum absolute atomic E-state index is 12.1. The van der Waals surface area contributed by atoms with Crippen molar-refractivity contribution >= 4 is 34.7 Å². The molecule has 0 unspecified atom stereocenters. The lowest BCUT2D eigenvalue weighted by atomic mass is 10.4. The summed E-state index contributed by atoms with van der Waals surface area (Å²) in [5, 5.41) is 7.08. The first kappa shape index (κ1) is 16.0. The number of aromatic nitrogens is 2. The number of hydrogen-bond acceptors (Lipinski definition) is 4. The molecule has 0 aliphatic carbocycles. The van der Waals surface area contributed by atoms with Crippen molar-refractivity contribution in [1.29, 1.82) is 0 Å². The van der Waals surface area contributed by atoms with Crippen molar-refractivity contribution in [2.24, 2.45) is 0 Å². The third-order valence-electron chi connectivity index (χ3n) is 2.90. The number of rotatable bonds is 6. The lowest BCUT2D eigenvalue weighted by molar-refractivity contribution is -0.117. The molecule has 1 amide bonds. The highest BCUT2D eigenvalue weighted by Gasteiger charge is 2.12. The molecule has 2 rings (SSSR count). The Kier molecular flexibility index (Phi) is 5.39. The van der Waals surface area contributed by atoms with Crippen LogP contribution in [0.1, 0.15) is 24.8 Å². The first-order valence-corrected chi connectivity index (χ1v) is 7.91. The monoisotopic (exact) mass is 326 g/mol. The van der Waals surface area contributed by atoms with Crippen LogP contribution >= 0.6 is 22.9 Å². The van der Waals surface area contributed by atoms with Crippen LogP contribution < -0.4 is 5.32 Å². The highest BCUT2D eigenvalue weighted by molar-refractivity contribution is 7.16. The van der Waals surface area contributed by atoms with Crippen molar-refractivity contribution in [2.75, 3.05) is 18.9 Å². The van der Waals surface area contributed by atoms with E-state index in [1.54, 1.807) is 16.9 Å². The fourth-order valence-electron chi connectivity index (χ4n) is 2.01. The summed E-state index contributed by atoms with van der Waals surface area (Å²) in [6, 6.07) is 5.87. The van der Waals surface area contributed by atoms with E-state index in [1.165, 1.54) is 11.3 Å². The van der Waals surface area contributed by atoms with Gasteiger partial charge < -0.3 is 5.32 Å². The van der Waals surface area contributed by atoms with E-state index in [0.29, 0.717) is 13.1 Å². The molecule has 1 N–H and O–H groups in total. The van der Waals surface area contributed by atoms with Gasteiger partial charge in [-0.05, 0) is 33.0 Å². The SMILES string of the molecule is CC(C)n1nccc1NC(=O)CN(C)Cc1ccc(Cl)s1. The van der Waals surface area contributed by atoms with Gasteiger partial charge >= 0.3 is 0 Å². The fraction of sp³-hybridized carbons (Fsp3) is 0.429. The molecule has 0 fully saturated rings. The minimum absolute atomic E-state index is 0.0532. The predicted molar refractivity (Wildman–Crippen MR) is 86.9 cm³/mol. The molecular formula is C14H19ClN4OS. The Morgan fingerprint density at radius 3 is 2.86 bits per heavy atom. The highest BCUT2D eigenvalue weighted by Crippen LogP contribution is 2.22. The summed E-state index contributed by atoms with van der Waals surface area (Å²) >= 11 is 7.44. The average Bonchev–Trinajstić information content (AvgIpc) is 2.98. The van der Waals surface area contributed by atoms with Crippen LogP contribution in [-0.4, -0.2) is 34.2 Å². The molecule has 0 radical (unpaired) electrons. The van der Waals surface area contributed by atoms with Crippen LogP contribution in [0, 0.1) is 0 Å². The van der Waals surface area contributed by atoms with Crippen LogP contribution in [0.2, 0.25) is 4.34 Å². The lowest BCUT2D eigenvalue weighted by Gasteiger charge is -2.16. The van der Waals surface area contributed by atoms with Crippen LogP contribution in [0.15, 0.2) is 24.4 Å². The molecule has 0 saturated heterocycles. The van der Waals surface area contributed by atoms with Crippen molar-refractivity contribution in [3.63, 3.8) is 0 Å². The highest BCUT2D eigenvalue weighted by atomic mass is 35.5. The molecule has 0 atom stereocenters. The van der Waals surface area contributed by atoms with Gasteiger partial charge in [-0.25, -0.2) is 4.68 Å². The molecule has 21 heavy (non-hydrogen) atoms. The van der Waals surface area contributed by atoms with Gasteiger partial charge in [0.2, 0.25) is 5.91 Å². The predicted octanol–water partition coefficient (Wildman–Crippen LogP) is 3.25. The van der Waals surface area contributed by atoms with Crippen LogP contribution in [0.25, 0.3) is 0 Å². The Labute approximate surface area is 133 Å². The molecule has 2 aromatic heterocycles. The number of amides is 1. The quantitative estimate of drug-likeness (QED) is 0.886. The van der Waals surface area contributed by atoms with Gasteiger partial charge in [0, 0.05) is 23.5 Å². The zero-order valence-corrected chi connectivity index (χ0v) is 13.9. The Morgan fingerprint density at radius 2 is 2.24 bits per heavy atom.